The lowest BCUT2D eigenvalue weighted by molar-refractivity contribution is 0.625. The number of rotatable bonds is 2. The standard InChI is InChI=1S/C17H9BrFN3OS/c18-12-7-3-2-6-11(12)15-20-17-22(21-15)16(23)14(24-17)9-10-5-1-4-8-13(10)19/h1-9H/b14-9+. The monoisotopic (exact) mass is 401 g/mol. The van der Waals surface area contributed by atoms with E-state index >= 15 is 0 Å². The van der Waals surface area contributed by atoms with Gasteiger partial charge in [-0.25, -0.2) is 4.39 Å². The number of halogens is 2. The van der Waals surface area contributed by atoms with Gasteiger partial charge in [0.2, 0.25) is 4.96 Å². The zero-order valence-electron chi connectivity index (χ0n) is 12.1. The minimum atomic E-state index is -0.371. The maximum atomic E-state index is 13.7. The SMILES string of the molecule is O=c1/c(=C\c2ccccc2F)sc2nc(-c3ccccc3Br)nn12. The maximum Gasteiger partial charge on any atom is 0.291 e. The Hall–Kier alpha value is -2.38. The van der Waals surface area contributed by atoms with Crippen LogP contribution in [0.3, 0.4) is 0 Å². The summed E-state index contributed by atoms with van der Waals surface area (Å²) in [6.07, 6.45) is 1.52. The Kier molecular flexibility index (Phi) is 3.74. The number of thiazole rings is 1. The van der Waals surface area contributed by atoms with Crippen LogP contribution < -0.4 is 10.1 Å². The quantitative estimate of drug-likeness (QED) is 0.517. The lowest BCUT2D eigenvalue weighted by Crippen LogP contribution is -2.23. The molecule has 0 N–H and O–H groups in total. The van der Waals surface area contributed by atoms with Gasteiger partial charge in [0.05, 0.1) is 4.53 Å². The molecule has 118 valence electrons. The number of benzene rings is 2. The number of aromatic nitrogens is 3. The molecule has 0 bridgehead atoms. The Balaban J connectivity index is 1.87. The normalized spacial score (nSPS) is 12.2. The van der Waals surface area contributed by atoms with Crippen molar-refractivity contribution < 1.29 is 4.39 Å². The van der Waals surface area contributed by atoms with Crippen LogP contribution in [0, 0.1) is 5.82 Å². The third-order valence-corrected chi connectivity index (χ3v) is 5.14. The van der Waals surface area contributed by atoms with Gasteiger partial charge in [0.25, 0.3) is 5.56 Å². The summed E-state index contributed by atoms with van der Waals surface area (Å²) >= 11 is 4.64. The molecule has 0 saturated heterocycles. The summed E-state index contributed by atoms with van der Waals surface area (Å²) < 4.78 is 16.3. The first-order valence-corrected chi connectivity index (χ1v) is 8.65. The molecule has 2 aromatic heterocycles. The minimum absolute atomic E-state index is 0.302. The van der Waals surface area contributed by atoms with Crippen LogP contribution in [0.5, 0.6) is 0 Å². The number of hydrogen-bond donors (Lipinski definition) is 0. The van der Waals surface area contributed by atoms with Gasteiger partial charge in [-0.1, -0.05) is 57.6 Å². The van der Waals surface area contributed by atoms with Crippen molar-refractivity contribution in [3.05, 3.63) is 79.3 Å². The maximum absolute atomic E-state index is 13.7. The third-order valence-electron chi connectivity index (χ3n) is 3.49. The van der Waals surface area contributed by atoms with E-state index in [1.165, 1.54) is 28.0 Å². The number of fused-ring (bicyclic) bond motifs is 1. The van der Waals surface area contributed by atoms with Crippen LogP contribution in [0.2, 0.25) is 0 Å². The zero-order chi connectivity index (χ0) is 16.7. The molecule has 2 aromatic carbocycles. The molecular weight excluding hydrogens is 393 g/mol. The van der Waals surface area contributed by atoms with Gasteiger partial charge in [0.1, 0.15) is 5.82 Å². The Morgan fingerprint density at radius 2 is 1.88 bits per heavy atom. The van der Waals surface area contributed by atoms with E-state index in [2.05, 4.69) is 26.0 Å². The number of nitrogens with zero attached hydrogens (tertiary/aromatic N) is 3. The van der Waals surface area contributed by atoms with Gasteiger partial charge in [0, 0.05) is 15.6 Å². The Bertz CT molecular complexity index is 1170. The summed E-state index contributed by atoms with van der Waals surface area (Å²) in [6.45, 7) is 0. The third kappa shape index (κ3) is 2.55. The van der Waals surface area contributed by atoms with E-state index in [0.29, 0.717) is 20.9 Å². The van der Waals surface area contributed by atoms with Gasteiger partial charge < -0.3 is 0 Å². The van der Waals surface area contributed by atoms with Crippen LogP contribution in [0.4, 0.5) is 4.39 Å². The molecule has 0 fully saturated rings. The molecule has 0 unspecified atom stereocenters. The topological polar surface area (TPSA) is 47.3 Å². The molecule has 0 saturated carbocycles. The first-order chi connectivity index (χ1) is 11.6. The van der Waals surface area contributed by atoms with Crippen molar-refractivity contribution in [3.8, 4) is 11.4 Å². The van der Waals surface area contributed by atoms with Crippen molar-refractivity contribution >= 4 is 38.3 Å². The first-order valence-electron chi connectivity index (χ1n) is 7.04. The van der Waals surface area contributed by atoms with E-state index in [4.69, 9.17) is 0 Å². The molecule has 0 aliphatic heterocycles. The molecule has 0 spiro atoms. The molecule has 24 heavy (non-hydrogen) atoms. The van der Waals surface area contributed by atoms with Gasteiger partial charge in [-0.2, -0.15) is 9.50 Å². The molecule has 7 heteroatoms. The van der Waals surface area contributed by atoms with E-state index < -0.39 is 0 Å². The van der Waals surface area contributed by atoms with E-state index in [-0.39, 0.29) is 11.4 Å². The highest BCUT2D eigenvalue weighted by molar-refractivity contribution is 9.10. The van der Waals surface area contributed by atoms with Crippen molar-refractivity contribution in [3.63, 3.8) is 0 Å². The Labute approximate surface area is 148 Å². The molecule has 0 amide bonds. The zero-order valence-corrected chi connectivity index (χ0v) is 14.5. The summed E-state index contributed by atoms with van der Waals surface area (Å²) in [5, 5.41) is 4.29. The summed E-state index contributed by atoms with van der Waals surface area (Å²) in [7, 11) is 0. The average Bonchev–Trinajstić information content (AvgIpc) is 3.10. The van der Waals surface area contributed by atoms with Gasteiger partial charge in [-0.15, -0.1) is 5.10 Å². The van der Waals surface area contributed by atoms with Crippen LogP contribution in [0.15, 0.2) is 57.8 Å². The fourth-order valence-corrected chi connectivity index (χ4v) is 3.68. The van der Waals surface area contributed by atoms with Crippen LogP contribution in [0.1, 0.15) is 5.56 Å². The predicted molar refractivity (Wildman–Crippen MR) is 95.5 cm³/mol. The fourth-order valence-electron chi connectivity index (χ4n) is 2.32. The lowest BCUT2D eigenvalue weighted by Gasteiger charge is -1.97. The van der Waals surface area contributed by atoms with Crippen molar-refractivity contribution in [1.82, 2.24) is 14.6 Å². The molecule has 4 aromatic rings. The second-order valence-electron chi connectivity index (χ2n) is 5.05. The van der Waals surface area contributed by atoms with Gasteiger partial charge in [0.15, 0.2) is 5.82 Å². The molecule has 4 rings (SSSR count). The summed E-state index contributed by atoms with van der Waals surface area (Å²) in [5.41, 5.74) is 0.877. The highest BCUT2D eigenvalue weighted by Gasteiger charge is 2.13. The highest BCUT2D eigenvalue weighted by Crippen LogP contribution is 2.25. The fraction of sp³-hybridized carbons (Fsp3) is 0. The summed E-state index contributed by atoms with van der Waals surface area (Å²) in [6, 6.07) is 13.9. The lowest BCUT2D eigenvalue weighted by atomic mass is 10.2. The minimum Gasteiger partial charge on any atom is -0.266 e. The molecule has 4 nitrogen and oxygen atoms in total. The van der Waals surface area contributed by atoms with Crippen LogP contribution in [-0.2, 0) is 0 Å². The van der Waals surface area contributed by atoms with Gasteiger partial charge in [-0.3, -0.25) is 4.79 Å². The second-order valence-corrected chi connectivity index (χ2v) is 6.91. The molecule has 0 radical (unpaired) electrons. The molecular formula is C17H9BrFN3OS. The van der Waals surface area contributed by atoms with Crippen molar-refractivity contribution in [2.75, 3.05) is 0 Å². The van der Waals surface area contributed by atoms with Crippen LogP contribution in [0.25, 0.3) is 22.4 Å². The van der Waals surface area contributed by atoms with Gasteiger partial charge >= 0.3 is 0 Å². The molecule has 0 aliphatic carbocycles. The van der Waals surface area contributed by atoms with Crippen LogP contribution >= 0.6 is 27.3 Å². The number of hydrogen-bond acceptors (Lipinski definition) is 4. The van der Waals surface area contributed by atoms with Crippen molar-refractivity contribution in [1.29, 1.82) is 0 Å². The predicted octanol–water partition coefficient (Wildman–Crippen LogP) is 3.27. The second kappa shape index (κ2) is 5.92. The van der Waals surface area contributed by atoms with Crippen molar-refractivity contribution in [2.24, 2.45) is 0 Å². The molecule has 2 heterocycles. The first kappa shape index (κ1) is 15.2. The smallest absolute Gasteiger partial charge is 0.266 e. The van der Waals surface area contributed by atoms with Crippen molar-refractivity contribution in [2.45, 2.75) is 0 Å². The highest BCUT2D eigenvalue weighted by atomic mass is 79.9. The van der Waals surface area contributed by atoms with Gasteiger partial charge in [-0.05, 0) is 24.3 Å². The average molecular weight is 402 g/mol. The Morgan fingerprint density at radius 3 is 2.62 bits per heavy atom. The molecule has 0 aliphatic rings. The molecule has 0 atom stereocenters. The summed E-state index contributed by atoms with van der Waals surface area (Å²) in [4.78, 5) is 17.4. The van der Waals surface area contributed by atoms with E-state index in [1.807, 2.05) is 24.3 Å². The Morgan fingerprint density at radius 1 is 1.12 bits per heavy atom. The summed E-state index contributed by atoms with van der Waals surface area (Å²) in [5.74, 6) is 0.105. The largest absolute Gasteiger partial charge is 0.291 e. The van der Waals surface area contributed by atoms with E-state index in [0.717, 1.165) is 10.0 Å². The van der Waals surface area contributed by atoms with E-state index in [1.54, 1.807) is 18.2 Å². The van der Waals surface area contributed by atoms with E-state index in [9.17, 15) is 9.18 Å². The van der Waals surface area contributed by atoms with Crippen LogP contribution in [-0.4, -0.2) is 14.6 Å².